The number of hydrogen-bond acceptors (Lipinski definition) is 3. The van der Waals surface area contributed by atoms with Crippen LogP contribution in [0.3, 0.4) is 0 Å². The molecule has 3 rings (SSSR count). The number of likely N-dealkylation sites (N-methyl/N-ethyl adjacent to an activating group) is 1. The monoisotopic (exact) mass is 385 g/mol. The molecule has 1 amide bonds. The minimum absolute atomic E-state index is 0.100. The predicted molar refractivity (Wildman–Crippen MR) is 107 cm³/mol. The van der Waals surface area contributed by atoms with Crippen LogP contribution in [0.4, 0.5) is 4.39 Å². The van der Waals surface area contributed by atoms with Crippen molar-refractivity contribution in [1.29, 1.82) is 0 Å². The van der Waals surface area contributed by atoms with E-state index in [1.165, 1.54) is 12.1 Å². The Labute approximate surface area is 166 Å². The van der Waals surface area contributed by atoms with Gasteiger partial charge in [-0.05, 0) is 56.5 Å². The Morgan fingerprint density at radius 2 is 1.71 bits per heavy atom. The van der Waals surface area contributed by atoms with E-state index in [9.17, 15) is 9.18 Å². The van der Waals surface area contributed by atoms with E-state index in [2.05, 4.69) is 32.0 Å². The fourth-order valence-electron chi connectivity index (χ4n) is 3.89. The number of benzene rings is 2. The molecule has 0 atom stereocenters. The summed E-state index contributed by atoms with van der Waals surface area (Å²) in [6.07, 6.45) is 1.36. The lowest BCUT2D eigenvalue weighted by Gasteiger charge is -2.39. The predicted octanol–water partition coefficient (Wildman–Crippen LogP) is 4.03. The Kier molecular flexibility index (Phi) is 6.35. The van der Waals surface area contributed by atoms with Crippen molar-refractivity contribution in [3.8, 4) is 5.75 Å². The van der Waals surface area contributed by atoms with Crippen molar-refractivity contribution in [2.45, 2.75) is 32.1 Å². The second kappa shape index (κ2) is 8.74. The Bertz CT molecular complexity index is 793. The zero-order valence-corrected chi connectivity index (χ0v) is 16.8. The quantitative estimate of drug-likeness (QED) is 0.754. The van der Waals surface area contributed by atoms with Gasteiger partial charge in [0.25, 0.3) is 0 Å². The van der Waals surface area contributed by atoms with Crippen molar-refractivity contribution in [2.24, 2.45) is 0 Å². The number of amides is 1. The molecular weight excluding hydrogens is 357 g/mol. The molecule has 0 N–H and O–H groups in total. The molecule has 1 aliphatic rings. The molecule has 2 aromatic rings. The first-order valence-electron chi connectivity index (χ1n) is 9.71. The lowest BCUT2D eigenvalue weighted by atomic mass is 9.72. The average Bonchev–Trinajstić information content (AvgIpc) is 2.68. The smallest absolute Gasteiger partial charge is 0.233 e. The van der Waals surface area contributed by atoms with Crippen LogP contribution in [-0.4, -0.2) is 44.2 Å². The topological polar surface area (TPSA) is 38.8 Å². The van der Waals surface area contributed by atoms with E-state index in [1.807, 2.05) is 7.05 Å². The van der Waals surface area contributed by atoms with E-state index in [-0.39, 0.29) is 11.7 Å². The highest BCUT2D eigenvalue weighted by Gasteiger charge is 2.43. The number of hydrogen-bond donors (Lipinski definition) is 0. The zero-order valence-electron chi connectivity index (χ0n) is 16.8. The van der Waals surface area contributed by atoms with E-state index < -0.39 is 5.41 Å². The first-order chi connectivity index (χ1) is 13.4. The summed E-state index contributed by atoms with van der Waals surface area (Å²) in [6, 6.07) is 12.3. The number of halogens is 1. The van der Waals surface area contributed by atoms with E-state index in [0.717, 1.165) is 16.7 Å². The SMILES string of the molecule is Cc1cc(C)cc(C2(C(=O)N(C)CCOc3ccc(F)cc3)CCOCC2)c1. The van der Waals surface area contributed by atoms with Gasteiger partial charge >= 0.3 is 0 Å². The molecule has 1 aliphatic heterocycles. The molecule has 0 bridgehead atoms. The van der Waals surface area contributed by atoms with Gasteiger partial charge in [-0.15, -0.1) is 0 Å². The third kappa shape index (κ3) is 4.53. The third-order valence-corrected chi connectivity index (χ3v) is 5.39. The average molecular weight is 385 g/mol. The second-order valence-corrected chi connectivity index (χ2v) is 7.60. The molecule has 0 aromatic heterocycles. The molecule has 0 radical (unpaired) electrons. The zero-order chi connectivity index (χ0) is 20.1. The fourth-order valence-corrected chi connectivity index (χ4v) is 3.89. The molecule has 28 heavy (non-hydrogen) atoms. The molecule has 1 saturated heterocycles. The van der Waals surface area contributed by atoms with Gasteiger partial charge in [0.1, 0.15) is 18.2 Å². The van der Waals surface area contributed by atoms with Crippen molar-refractivity contribution < 1.29 is 18.7 Å². The van der Waals surface area contributed by atoms with Crippen LogP contribution >= 0.6 is 0 Å². The van der Waals surface area contributed by atoms with Gasteiger partial charge in [0.05, 0.1) is 12.0 Å². The van der Waals surface area contributed by atoms with Crippen molar-refractivity contribution >= 4 is 5.91 Å². The first kappa shape index (κ1) is 20.3. The maximum atomic E-state index is 13.5. The molecule has 1 heterocycles. The van der Waals surface area contributed by atoms with Gasteiger partial charge < -0.3 is 14.4 Å². The molecule has 0 spiro atoms. The molecule has 5 heteroatoms. The molecule has 150 valence electrons. The number of carbonyl (C=O) groups is 1. The van der Waals surface area contributed by atoms with Crippen LogP contribution in [-0.2, 0) is 14.9 Å². The number of nitrogens with zero attached hydrogens (tertiary/aromatic N) is 1. The highest BCUT2D eigenvalue weighted by atomic mass is 19.1. The fraction of sp³-hybridized carbons (Fsp3) is 0.435. The molecule has 0 aliphatic carbocycles. The molecule has 0 saturated carbocycles. The summed E-state index contributed by atoms with van der Waals surface area (Å²) >= 11 is 0. The summed E-state index contributed by atoms with van der Waals surface area (Å²) in [6.45, 7) is 6.11. The van der Waals surface area contributed by atoms with Gasteiger partial charge in [-0.1, -0.05) is 29.3 Å². The van der Waals surface area contributed by atoms with Crippen LogP contribution in [0.5, 0.6) is 5.75 Å². The summed E-state index contributed by atoms with van der Waals surface area (Å²) in [5, 5.41) is 0. The van der Waals surface area contributed by atoms with Crippen LogP contribution in [0.15, 0.2) is 42.5 Å². The Morgan fingerprint density at radius 1 is 1.11 bits per heavy atom. The summed E-state index contributed by atoms with van der Waals surface area (Å²) in [5.41, 5.74) is 2.84. The van der Waals surface area contributed by atoms with E-state index in [4.69, 9.17) is 9.47 Å². The first-order valence-corrected chi connectivity index (χ1v) is 9.71. The summed E-state index contributed by atoms with van der Waals surface area (Å²) in [4.78, 5) is 15.2. The highest BCUT2D eigenvalue weighted by molar-refractivity contribution is 5.88. The number of rotatable bonds is 6. The van der Waals surface area contributed by atoms with Crippen molar-refractivity contribution in [3.05, 3.63) is 65.0 Å². The molecule has 1 fully saturated rings. The maximum Gasteiger partial charge on any atom is 0.233 e. The van der Waals surface area contributed by atoms with Gasteiger partial charge in [-0.3, -0.25) is 4.79 Å². The van der Waals surface area contributed by atoms with E-state index in [1.54, 1.807) is 17.0 Å². The van der Waals surface area contributed by atoms with Crippen molar-refractivity contribution in [3.63, 3.8) is 0 Å². The summed E-state index contributed by atoms with van der Waals surface area (Å²) < 4.78 is 24.2. The number of carbonyl (C=O) groups excluding carboxylic acids is 1. The van der Waals surface area contributed by atoms with E-state index >= 15 is 0 Å². The summed E-state index contributed by atoms with van der Waals surface area (Å²) in [7, 11) is 1.82. The standard InChI is InChI=1S/C23H28FNO3/c1-17-14-18(2)16-19(15-17)23(8-11-27-12-9-23)22(26)25(3)10-13-28-21-6-4-20(24)5-7-21/h4-7,14-16H,8-13H2,1-3H3. The minimum atomic E-state index is -0.556. The second-order valence-electron chi connectivity index (χ2n) is 7.60. The lowest BCUT2D eigenvalue weighted by molar-refractivity contribution is -0.140. The highest BCUT2D eigenvalue weighted by Crippen LogP contribution is 2.37. The lowest BCUT2D eigenvalue weighted by Crippen LogP contribution is -2.49. The Morgan fingerprint density at radius 3 is 2.32 bits per heavy atom. The van der Waals surface area contributed by atoms with Crippen LogP contribution < -0.4 is 4.74 Å². The third-order valence-electron chi connectivity index (χ3n) is 5.39. The molecular formula is C23H28FNO3. The van der Waals surface area contributed by atoms with Gasteiger partial charge in [-0.2, -0.15) is 0 Å². The Balaban J connectivity index is 1.72. The molecule has 2 aromatic carbocycles. The Hall–Kier alpha value is -2.40. The van der Waals surface area contributed by atoms with Gasteiger partial charge in [0, 0.05) is 20.3 Å². The van der Waals surface area contributed by atoms with Crippen LogP contribution in [0, 0.1) is 19.7 Å². The van der Waals surface area contributed by atoms with Crippen LogP contribution in [0.2, 0.25) is 0 Å². The van der Waals surface area contributed by atoms with E-state index in [0.29, 0.717) is 45.0 Å². The van der Waals surface area contributed by atoms with Gasteiger partial charge in [0.15, 0.2) is 0 Å². The van der Waals surface area contributed by atoms with Crippen molar-refractivity contribution in [2.75, 3.05) is 33.4 Å². The number of ether oxygens (including phenoxy) is 2. The largest absolute Gasteiger partial charge is 0.492 e. The van der Waals surface area contributed by atoms with Gasteiger partial charge in [-0.25, -0.2) is 4.39 Å². The minimum Gasteiger partial charge on any atom is -0.492 e. The van der Waals surface area contributed by atoms with Crippen molar-refractivity contribution in [1.82, 2.24) is 4.90 Å². The van der Waals surface area contributed by atoms with Crippen LogP contribution in [0.25, 0.3) is 0 Å². The summed E-state index contributed by atoms with van der Waals surface area (Å²) in [5.74, 6) is 0.399. The number of aryl methyl sites for hydroxylation is 2. The normalized spacial score (nSPS) is 15.9. The van der Waals surface area contributed by atoms with Crippen LogP contribution in [0.1, 0.15) is 29.5 Å². The van der Waals surface area contributed by atoms with Gasteiger partial charge in [0.2, 0.25) is 5.91 Å². The molecule has 4 nitrogen and oxygen atoms in total. The maximum absolute atomic E-state index is 13.5. The molecule has 0 unspecified atom stereocenters.